The lowest BCUT2D eigenvalue weighted by Crippen LogP contribution is -2.65. The third-order valence-corrected chi connectivity index (χ3v) is 20.0. The number of aliphatic hydroxyl groups is 1. The van der Waals surface area contributed by atoms with Crippen LogP contribution < -0.4 is 10.6 Å². The summed E-state index contributed by atoms with van der Waals surface area (Å²) in [5, 5.41) is 10.3. The van der Waals surface area contributed by atoms with Crippen LogP contribution in [-0.2, 0) is 24.9 Å². The van der Waals surface area contributed by atoms with Gasteiger partial charge in [0.1, 0.15) is 17.9 Å². The van der Waals surface area contributed by atoms with Gasteiger partial charge in [0.15, 0.2) is 14.1 Å². The SMILES string of the molecule is CC(=O)N(C(C)=O)c1nc(=O)n([C@H]2C[C@@](O)([Si](C)(C)C(C)(C)C)[C@@H](CO[Si](C)(C)C(C)(C)C)O2)cc1C(F)(F)F. The van der Waals surface area contributed by atoms with Gasteiger partial charge in [-0.25, -0.2) is 9.69 Å². The van der Waals surface area contributed by atoms with Gasteiger partial charge in [-0.05, 0) is 23.2 Å². The number of hydrogen-bond donors (Lipinski definition) is 1. The van der Waals surface area contributed by atoms with Crippen LogP contribution in [-0.4, -0.2) is 60.8 Å². The second kappa shape index (κ2) is 10.8. The molecule has 0 saturated carbocycles. The molecular formula is C26H44F3N3O6Si2. The highest BCUT2D eigenvalue weighted by molar-refractivity contribution is 6.83. The zero-order valence-corrected chi connectivity index (χ0v) is 27.6. The highest BCUT2D eigenvalue weighted by Gasteiger charge is 2.62. The summed E-state index contributed by atoms with van der Waals surface area (Å²) in [6.45, 7) is 22.1. The average molecular weight is 608 g/mol. The van der Waals surface area contributed by atoms with Crippen LogP contribution in [0, 0.1) is 0 Å². The number of ether oxygens (including phenoxy) is 1. The summed E-state index contributed by atoms with van der Waals surface area (Å²) in [4.78, 5) is 40.9. The van der Waals surface area contributed by atoms with Crippen LogP contribution in [0.25, 0.3) is 0 Å². The maximum absolute atomic E-state index is 14.2. The quantitative estimate of drug-likeness (QED) is 0.440. The molecule has 1 aromatic rings. The van der Waals surface area contributed by atoms with Crippen molar-refractivity contribution in [3.63, 3.8) is 0 Å². The zero-order valence-electron chi connectivity index (χ0n) is 25.6. The molecule has 2 amide bonds. The fraction of sp³-hybridized carbons (Fsp3) is 0.769. The summed E-state index contributed by atoms with van der Waals surface area (Å²) in [6, 6.07) is 0. The predicted molar refractivity (Wildman–Crippen MR) is 151 cm³/mol. The smallest absolute Gasteiger partial charge is 0.414 e. The summed E-state index contributed by atoms with van der Waals surface area (Å²) in [5.41, 5.74) is -2.60. The van der Waals surface area contributed by atoms with Gasteiger partial charge in [0.2, 0.25) is 11.8 Å². The molecule has 1 fully saturated rings. The molecule has 0 bridgehead atoms. The first-order valence-corrected chi connectivity index (χ1v) is 19.1. The summed E-state index contributed by atoms with van der Waals surface area (Å²) in [5.74, 6) is -3.13. The highest BCUT2D eigenvalue weighted by Crippen LogP contribution is 2.52. The first-order valence-electron chi connectivity index (χ1n) is 13.2. The number of rotatable bonds is 6. The third-order valence-electron chi connectivity index (χ3n) is 9.09. The van der Waals surface area contributed by atoms with Gasteiger partial charge in [0.05, 0.1) is 19.9 Å². The monoisotopic (exact) mass is 607 g/mol. The maximum atomic E-state index is 14.2. The number of aromatic nitrogens is 2. The Morgan fingerprint density at radius 2 is 1.60 bits per heavy atom. The lowest BCUT2D eigenvalue weighted by molar-refractivity contribution is -0.138. The first kappa shape index (κ1) is 34.3. The fourth-order valence-corrected chi connectivity index (χ4v) is 8.39. The van der Waals surface area contributed by atoms with Gasteiger partial charge in [-0.1, -0.05) is 54.6 Å². The van der Waals surface area contributed by atoms with Crippen molar-refractivity contribution in [1.29, 1.82) is 0 Å². The molecule has 228 valence electrons. The maximum Gasteiger partial charge on any atom is 0.421 e. The Morgan fingerprint density at radius 1 is 1.10 bits per heavy atom. The van der Waals surface area contributed by atoms with Crippen LogP contribution >= 0.6 is 0 Å². The third kappa shape index (κ3) is 6.30. The number of hydrogen-bond acceptors (Lipinski definition) is 7. The Kier molecular flexibility index (Phi) is 9.23. The number of carbonyl (C=O) groups is 2. The number of alkyl halides is 3. The van der Waals surface area contributed by atoms with E-state index in [1.54, 1.807) is 0 Å². The van der Waals surface area contributed by atoms with Crippen molar-refractivity contribution in [2.45, 2.75) is 122 Å². The van der Waals surface area contributed by atoms with Gasteiger partial charge in [-0.2, -0.15) is 18.2 Å². The zero-order chi connectivity index (χ0) is 31.4. The summed E-state index contributed by atoms with van der Waals surface area (Å²) >= 11 is 0. The lowest BCUT2D eigenvalue weighted by Gasteiger charge is -2.49. The number of imide groups is 1. The Balaban J connectivity index is 2.70. The van der Waals surface area contributed by atoms with Gasteiger partial charge in [0, 0.05) is 26.5 Å². The molecule has 0 radical (unpaired) electrons. The molecule has 1 saturated heterocycles. The van der Waals surface area contributed by atoms with Crippen LogP contribution in [0.1, 0.15) is 73.6 Å². The molecule has 9 nitrogen and oxygen atoms in total. The summed E-state index contributed by atoms with van der Waals surface area (Å²) in [6.07, 6.45) is -6.90. The van der Waals surface area contributed by atoms with Crippen molar-refractivity contribution in [1.82, 2.24) is 9.55 Å². The van der Waals surface area contributed by atoms with E-state index in [9.17, 15) is 32.7 Å². The van der Waals surface area contributed by atoms with Crippen LogP contribution in [0.5, 0.6) is 0 Å². The van der Waals surface area contributed by atoms with E-state index in [0.717, 1.165) is 13.8 Å². The molecule has 0 unspecified atom stereocenters. The minimum Gasteiger partial charge on any atom is -0.414 e. The summed E-state index contributed by atoms with van der Waals surface area (Å²) < 4.78 is 55.8. The van der Waals surface area contributed by atoms with Gasteiger partial charge >= 0.3 is 11.9 Å². The molecule has 40 heavy (non-hydrogen) atoms. The molecule has 1 aliphatic heterocycles. The molecule has 1 N–H and O–H groups in total. The highest BCUT2D eigenvalue weighted by atomic mass is 28.4. The van der Waals surface area contributed by atoms with Gasteiger partial charge < -0.3 is 14.3 Å². The molecule has 1 aromatic heterocycles. The van der Waals surface area contributed by atoms with Crippen molar-refractivity contribution in [3.8, 4) is 0 Å². The minimum absolute atomic E-state index is 0.00481. The Morgan fingerprint density at radius 3 is 2.00 bits per heavy atom. The average Bonchev–Trinajstić information content (AvgIpc) is 3.07. The molecule has 3 atom stereocenters. The van der Waals surface area contributed by atoms with E-state index in [4.69, 9.17) is 9.16 Å². The van der Waals surface area contributed by atoms with E-state index in [1.165, 1.54) is 0 Å². The Labute approximate surface area is 236 Å². The molecule has 14 heteroatoms. The number of nitrogens with zero attached hydrogens (tertiary/aromatic N) is 3. The fourth-order valence-electron chi connectivity index (χ4n) is 4.45. The normalized spacial score (nSPS) is 22.9. The molecule has 0 aliphatic carbocycles. The topological polar surface area (TPSA) is 111 Å². The van der Waals surface area contributed by atoms with Crippen molar-refractivity contribution in [2.75, 3.05) is 11.5 Å². The first-order chi connectivity index (χ1) is 17.7. The Bertz CT molecular complexity index is 1190. The van der Waals surface area contributed by atoms with Crippen molar-refractivity contribution in [3.05, 3.63) is 22.2 Å². The van der Waals surface area contributed by atoms with E-state index in [2.05, 4.69) is 25.8 Å². The van der Waals surface area contributed by atoms with Crippen molar-refractivity contribution < 1.29 is 37.0 Å². The van der Waals surface area contributed by atoms with Gasteiger partial charge in [0.25, 0.3) is 0 Å². The van der Waals surface area contributed by atoms with Crippen LogP contribution in [0.2, 0.25) is 36.3 Å². The molecule has 2 rings (SSSR count). The van der Waals surface area contributed by atoms with Gasteiger partial charge in [-0.15, -0.1) is 0 Å². The van der Waals surface area contributed by atoms with E-state index in [-0.39, 0.29) is 28.0 Å². The molecular weight excluding hydrogens is 563 g/mol. The molecule has 1 aliphatic rings. The Hall–Kier alpha value is -1.88. The number of halogens is 3. The number of amides is 2. The largest absolute Gasteiger partial charge is 0.421 e. The van der Waals surface area contributed by atoms with E-state index in [1.807, 2.05) is 47.0 Å². The van der Waals surface area contributed by atoms with Crippen molar-refractivity contribution in [2.24, 2.45) is 0 Å². The molecule has 0 aromatic carbocycles. The lowest BCUT2D eigenvalue weighted by atomic mass is 10.1. The van der Waals surface area contributed by atoms with Gasteiger partial charge in [-0.3, -0.25) is 14.2 Å². The van der Waals surface area contributed by atoms with E-state index >= 15 is 0 Å². The minimum atomic E-state index is -5.06. The van der Waals surface area contributed by atoms with Crippen LogP contribution in [0.4, 0.5) is 19.0 Å². The molecule has 2 heterocycles. The second-order valence-corrected chi connectivity index (χ2v) is 24.1. The second-order valence-electron chi connectivity index (χ2n) is 13.7. The standard InChI is InChI=1S/C26H44F3N3O6Si2/c1-16(33)32(17(2)34)21-18(26(27,28)29)14-31(22(35)30-21)20-13-25(36,39(9,10)23(3,4)5)19(38-20)15-37-40(11,12)24(6,7)8/h14,19-20,36H,13,15H2,1-12H3/t19-,20-,25-/m1/s1. The van der Waals surface area contributed by atoms with Crippen LogP contribution in [0.15, 0.2) is 11.0 Å². The number of anilines is 1. The molecule has 0 spiro atoms. The number of carbonyl (C=O) groups excluding carboxylic acids is 2. The predicted octanol–water partition coefficient (Wildman–Crippen LogP) is 5.25. The summed E-state index contributed by atoms with van der Waals surface area (Å²) in [7, 11) is -4.99. The van der Waals surface area contributed by atoms with Crippen molar-refractivity contribution >= 4 is 34.0 Å². The van der Waals surface area contributed by atoms with E-state index in [0.29, 0.717) is 10.8 Å². The van der Waals surface area contributed by atoms with E-state index < -0.39 is 69.0 Å². The van der Waals surface area contributed by atoms with Crippen LogP contribution in [0.3, 0.4) is 0 Å².